The molecule has 108 valence electrons. The molecule has 1 aromatic rings. The molecule has 0 bridgehead atoms. The summed E-state index contributed by atoms with van der Waals surface area (Å²) in [6, 6.07) is 6.10. The number of benzene rings is 1. The van der Waals surface area contributed by atoms with E-state index in [0.717, 1.165) is 5.56 Å². The second-order valence-corrected chi connectivity index (χ2v) is 7.00. The van der Waals surface area contributed by atoms with Gasteiger partial charge in [0.2, 0.25) is 10.0 Å². The van der Waals surface area contributed by atoms with E-state index in [2.05, 4.69) is 5.32 Å². The summed E-state index contributed by atoms with van der Waals surface area (Å²) >= 11 is 0. The number of nitrogens with zero attached hydrogens (tertiary/aromatic N) is 1. The SMILES string of the molecule is CC(C)NCCS(=O)(=O)N(C)Cc1ccc(F)cc1. The highest BCUT2D eigenvalue weighted by Crippen LogP contribution is 2.08. The van der Waals surface area contributed by atoms with Crippen LogP contribution in [0.4, 0.5) is 4.39 Å². The summed E-state index contributed by atoms with van der Waals surface area (Å²) < 4.78 is 38.0. The second kappa shape index (κ2) is 6.98. The van der Waals surface area contributed by atoms with Gasteiger partial charge in [-0.05, 0) is 17.7 Å². The highest BCUT2D eigenvalue weighted by Gasteiger charge is 2.17. The van der Waals surface area contributed by atoms with Gasteiger partial charge >= 0.3 is 0 Å². The molecule has 0 aliphatic rings. The first-order valence-corrected chi connectivity index (χ1v) is 7.84. The fourth-order valence-electron chi connectivity index (χ4n) is 1.58. The lowest BCUT2D eigenvalue weighted by Crippen LogP contribution is -2.35. The van der Waals surface area contributed by atoms with Crippen LogP contribution in [0.15, 0.2) is 24.3 Å². The Balaban J connectivity index is 2.55. The first-order chi connectivity index (χ1) is 8.81. The molecule has 0 aromatic heterocycles. The Kier molecular flexibility index (Phi) is 5.90. The van der Waals surface area contributed by atoms with Gasteiger partial charge < -0.3 is 5.32 Å². The summed E-state index contributed by atoms with van der Waals surface area (Å²) in [7, 11) is -1.75. The molecule has 1 rings (SSSR count). The maximum atomic E-state index is 12.8. The van der Waals surface area contributed by atoms with Crippen molar-refractivity contribution in [2.45, 2.75) is 26.4 Å². The van der Waals surface area contributed by atoms with Crippen molar-refractivity contribution in [2.24, 2.45) is 0 Å². The fourth-order valence-corrected chi connectivity index (χ4v) is 2.61. The van der Waals surface area contributed by atoms with E-state index < -0.39 is 10.0 Å². The van der Waals surface area contributed by atoms with Crippen molar-refractivity contribution in [2.75, 3.05) is 19.3 Å². The Morgan fingerprint density at radius 1 is 1.26 bits per heavy atom. The Labute approximate surface area is 114 Å². The van der Waals surface area contributed by atoms with Gasteiger partial charge in [-0.1, -0.05) is 26.0 Å². The summed E-state index contributed by atoms with van der Waals surface area (Å²) in [6.07, 6.45) is 0. The Bertz CT molecular complexity index is 486. The van der Waals surface area contributed by atoms with Gasteiger partial charge in [0.25, 0.3) is 0 Å². The van der Waals surface area contributed by atoms with Crippen LogP contribution < -0.4 is 5.32 Å². The lowest BCUT2D eigenvalue weighted by Gasteiger charge is -2.18. The van der Waals surface area contributed by atoms with Crippen molar-refractivity contribution in [3.63, 3.8) is 0 Å². The molecule has 0 spiro atoms. The van der Waals surface area contributed by atoms with Gasteiger partial charge in [-0.3, -0.25) is 0 Å². The van der Waals surface area contributed by atoms with Crippen LogP contribution >= 0.6 is 0 Å². The first-order valence-electron chi connectivity index (χ1n) is 6.23. The standard InChI is InChI=1S/C13H21FN2O2S/c1-11(2)15-8-9-19(17,18)16(3)10-12-4-6-13(14)7-5-12/h4-7,11,15H,8-10H2,1-3H3. The van der Waals surface area contributed by atoms with Crippen molar-refractivity contribution >= 4 is 10.0 Å². The van der Waals surface area contributed by atoms with E-state index in [0.29, 0.717) is 6.54 Å². The zero-order chi connectivity index (χ0) is 14.5. The van der Waals surface area contributed by atoms with Gasteiger partial charge in [-0.25, -0.2) is 17.1 Å². The van der Waals surface area contributed by atoms with Crippen LogP contribution in [0.5, 0.6) is 0 Å². The summed E-state index contributed by atoms with van der Waals surface area (Å²) in [5.41, 5.74) is 0.768. The quantitative estimate of drug-likeness (QED) is 0.829. The normalized spacial score (nSPS) is 12.3. The second-order valence-electron chi connectivity index (χ2n) is 4.81. The van der Waals surface area contributed by atoms with E-state index in [9.17, 15) is 12.8 Å². The third kappa shape index (κ3) is 5.67. The number of hydrogen-bond donors (Lipinski definition) is 1. The lowest BCUT2D eigenvalue weighted by atomic mass is 10.2. The monoisotopic (exact) mass is 288 g/mol. The van der Waals surface area contributed by atoms with Crippen molar-refractivity contribution in [3.8, 4) is 0 Å². The van der Waals surface area contributed by atoms with E-state index >= 15 is 0 Å². The van der Waals surface area contributed by atoms with E-state index in [1.807, 2.05) is 13.8 Å². The zero-order valence-corrected chi connectivity index (χ0v) is 12.4. The molecule has 1 N–H and O–H groups in total. The van der Waals surface area contributed by atoms with Gasteiger partial charge in [0.15, 0.2) is 0 Å². The van der Waals surface area contributed by atoms with Crippen LogP contribution in [0.2, 0.25) is 0 Å². The summed E-state index contributed by atoms with van der Waals surface area (Å²) in [6.45, 7) is 4.61. The molecule has 0 aliphatic heterocycles. The smallest absolute Gasteiger partial charge is 0.215 e. The average molecular weight is 288 g/mol. The van der Waals surface area contributed by atoms with Crippen LogP contribution in [-0.2, 0) is 16.6 Å². The molecule has 0 aliphatic carbocycles. The van der Waals surface area contributed by atoms with Crippen molar-refractivity contribution in [1.29, 1.82) is 0 Å². The minimum Gasteiger partial charge on any atom is -0.313 e. The maximum Gasteiger partial charge on any atom is 0.215 e. The van der Waals surface area contributed by atoms with Crippen molar-refractivity contribution < 1.29 is 12.8 Å². The predicted octanol–water partition coefficient (Wildman–Crippen LogP) is 1.59. The molecule has 0 saturated heterocycles. The highest BCUT2D eigenvalue weighted by molar-refractivity contribution is 7.89. The molecule has 1 aromatic carbocycles. The van der Waals surface area contributed by atoms with Gasteiger partial charge in [-0.2, -0.15) is 0 Å². The van der Waals surface area contributed by atoms with Gasteiger partial charge in [-0.15, -0.1) is 0 Å². The highest BCUT2D eigenvalue weighted by atomic mass is 32.2. The zero-order valence-electron chi connectivity index (χ0n) is 11.6. The molecular weight excluding hydrogens is 267 g/mol. The average Bonchev–Trinajstić information content (AvgIpc) is 2.31. The molecule has 6 heteroatoms. The number of rotatable bonds is 7. The molecule has 0 heterocycles. The Hall–Kier alpha value is -0.980. The maximum absolute atomic E-state index is 12.8. The summed E-state index contributed by atoms with van der Waals surface area (Å²) in [4.78, 5) is 0. The van der Waals surface area contributed by atoms with Gasteiger partial charge in [0.05, 0.1) is 5.75 Å². The Morgan fingerprint density at radius 3 is 2.37 bits per heavy atom. The lowest BCUT2D eigenvalue weighted by molar-refractivity contribution is 0.463. The molecule has 0 amide bonds. The molecule has 4 nitrogen and oxygen atoms in total. The number of halogens is 1. The number of hydrogen-bond acceptors (Lipinski definition) is 3. The number of nitrogens with one attached hydrogen (secondary N) is 1. The molecule has 0 fully saturated rings. The molecular formula is C13H21FN2O2S. The topological polar surface area (TPSA) is 49.4 Å². The molecule has 0 atom stereocenters. The van der Waals surface area contributed by atoms with Crippen molar-refractivity contribution in [3.05, 3.63) is 35.6 Å². The van der Waals surface area contributed by atoms with Crippen LogP contribution in [0, 0.1) is 5.82 Å². The third-order valence-corrected chi connectivity index (χ3v) is 4.50. The third-order valence-electron chi connectivity index (χ3n) is 2.71. The van der Waals surface area contributed by atoms with Crippen LogP contribution in [0.3, 0.4) is 0 Å². The largest absolute Gasteiger partial charge is 0.313 e. The summed E-state index contributed by atoms with van der Waals surface area (Å²) in [5.74, 6) is -0.265. The van der Waals surface area contributed by atoms with Crippen LogP contribution in [0.25, 0.3) is 0 Å². The first kappa shape index (κ1) is 16.1. The molecule has 0 radical (unpaired) electrons. The van der Waals surface area contributed by atoms with E-state index in [1.54, 1.807) is 12.1 Å². The van der Waals surface area contributed by atoms with E-state index in [1.165, 1.54) is 23.5 Å². The number of sulfonamides is 1. The fraction of sp³-hybridized carbons (Fsp3) is 0.538. The molecule has 19 heavy (non-hydrogen) atoms. The predicted molar refractivity (Wildman–Crippen MR) is 74.8 cm³/mol. The van der Waals surface area contributed by atoms with Crippen LogP contribution in [-0.4, -0.2) is 38.1 Å². The minimum absolute atomic E-state index is 0.0584. The minimum atomic E-state index is -3.29. The Morgan fingerprint density at radius 2 is 1.84 bits per heavy atom. The van der Waals surface area contributed by atoms with Gasteiger partial charge in [0.1, 0.15) is 5.82 Å². The van der Waals surface area contributed by atoms with E-state index in [4.69, 9.17) is 0 Å². The molecule has 0 saturated carbocycles. The summed E-state index contributed by atoms with van der Waals surface area (Å²) in [5, 5.41) is 3.07. The van der Waals surface area contributed by atoms with Gasteiger partial charge in [0, 0.05) is 26.2 Å². The van der Waals surface area contributed by atoms with Crippen molar-refractivity contribution in [1.82, 2.24) is 9.62 Å². The van der Waals surface area contributed by atoms with Crippen LogP contribution in [0.1, 0.15) is 19.4 Å². The molecule has 0 unspecified atom stereocenters. The van der Waals surface area contributed by atoms with E-state index in [-0.39, 0.29) is 24.2 Å².